The maximum absolute atomic E-state index is 12.5. The first-order valence-corrected chi connectivity index (χ1v) is 8.07. The second-order valence-corrected chi connectivity index (χ2v) is 6.10. The number of rotatable bonds is 3. The molecule has 0 saturated carbocycles. The monoisotopic (exact) mass is 322 g/mol. The zero-order chi connectivity index (χ0) is 16.5. The van der Waals surface area contributed by atoms with Crippen molar-refractivity contribution in [1.82, 2.24) is 20.3 Å². The molecule has 0 aliphatic heterocycles. The number of aromatic nitrogens is 3. The number of furan rings is 1. The largest absolute Gasteiger partial charge is 0.469 e. The van der Waals surface area contributed by atoms with Gasteiger partial charge in [-0.25, -0.2) is 4.68 Å². The molecule has 1 aromatic carbocycles. The molecule has 1 N–H and O–H groups in total. The van der Waals surface area contributed by atoms with E-state index in [4.69, 9.17) is 4.42 Å². The molecular weight excluding hydrogens is 304 g/mol. The van der Waals surface area contributed by atoms with Gasteiger partial charge in [-0.2, -0.15) is 0 Å². The lowest BCUT2D eigenvalue weighted by Gasteiger charge is -2.22. The summed E-state index contributed by atoms with van der Waals surface area (Å²) in [7, 11) is 0. The predicted octanol–water partition coefficient (Wildman–Crippen LogP) is 2.98. The summed E-state index contributed by atoms with van der Waals surface area (Å²) in [6.45, 7) is 2.03. The molecule has 0 radical (unpaired) electrons. The van der Waals surface area contributed by atoms with Crippen molar-refractivity contribution in [2.75, 3.05) is 0 Å². The number of nitrogens with one attached hydrogen (secondary N) is 1. The number of hydrogen-bond acceptors (Lipinski definition) is 4. The Kier molecular flexibility index (Phi) is 3.65. The van der Waals surface area contributed by atoms with Gasteiger partial charge >= 0.3 is 0 Å². The third kappa shape index (κ3) is 2.71. The maximum atomic E-state index is 12.5. The Balaban J connectivity index is 1.51. The van der Waals surface area contributed by atoms with Gasteiger partial charge in [0.15, 0.2) is 5.69 Å². The summed E-state index contributed by atoms with van der Waals surface area (Å²) in [5.74, 6) is 0.752. The first-order valence-electron chi connectivity index (χ1n) is 8.07. The number of carbonyl (C=O) groups excluding carboxylic acids is 1. The lowest BCUT2D eigenvalue weighted by molar-refractivity contribution is 0.0927. The Hall–Kier alpha value is -2.89. The number of amides is 1. The lowest BCUT2D eigenvalue weighted by atomic mass is 9.93. The van der Waals surface area contributed by atoms with Gasteiger partial charge in [-0.05, 0) is 38.0 Å². The zero-order valence-corrected chi connectivity index (χ0v) is 13.4. The van der Waals surface area contributed by atoms with Crippen molar-refractivity contribution in [1.29, 1.82) is 0 Å². The molecule has 0 fully saturated rings. The molecule has 122 valence electrons. The van der Waals surface area contributed by atoms with Crippen LogP contribution in [0, 0.1) is 6.92 Å². The average Bonchev–Trinajstić information content (AvgIpc) is 3.25. The van der Waals surface area contributed by atoms with Crippen LogP contribution in [0.25, 0.3) is 5.69 Å². The van der Waals surface area contributed by atoms with Gasteiger partial charge in [0.1, 0.15) is 5.76 Å². The Morgan fingerprint density at radius 3 is 2.96 bits per heavy atom. The summed E-state index contributed by atoms with van der Waals surface area (Å²) in [4.78, 5) is 12.5. The van der Waals surface area contributed by atoms with Crippen LogP contribution in [-0.4, -0.2) is 20.9 Å². The lowest BCUT2D eigenvalue weighted by Crippen LogP contribution is -2.30. The standard InChI is InChI=1S/C18H18N4O2/c1-12-5-7-13(8-6-12)22-11-16(20-21-22)18(23)19-15-3-2-4-17-14(15)9-10-24-17/h5-11,15H,2-4H2,1H3,(H,19,23). The van der Waals surface area contributed by atoms with E-state index in [1.807, 2.05) is 37.3 Å². The minimum absolute atomic E-state index is 0.0236. The van der Waals surface area contributed by atoms with Gasteiger partial charge in [-0.1, -0.05) is 22.9 Å². The summed E-state index contributed by atoms with van der Waals surface area (Å²) >= 11 is 0. The number of aryl methyl sites for hydroxylation is 2. The molecule has 1 atom stereocenters. The minimum atomic E-state index is -0.215. The Morgan fingerprint density at radius 2 is 2.12 bits per heavy atom. The van der Waals surface area contributed by atoms with Crippen LogP contribution in [0.3, 0.4) is 0 Å². The molecule has 1 amide bonds. The highest BCUT2D eigenvalue weighted by atomic mass is 16.3. The quantitative estimate of drug-likeness (QED) is 0.804. The van der Waals surface area contributed by atoms with Crippen molar-refractivity contribution >= 4 is 5.91 Å². The normalized spacial score (nSPS) is 16.6. The third-order valence-corrected chi connectivity index (χ3v) is 4.38. The van der Waals surface area contributed by atoms with E-state index >= 15 is 0 Å². The number of nitrogens with zero attached hydrogens (tertiary/aromatic N) is 3. The van der Waals surface area contributed by atoms with Crippen LogP contribution < -0.4 is 5.32 Å². The maximum Gasteiger partial charge on any atom is 0.273 e. The van der Waals surface area contributed by atoms with E-state index in [-0.39, 0.29) is 11.9 Å². The summed E-state index contributed by atoms with van der Waals surface area (Å²) in [5, 5.41) is 11.1. The molecule has 2 aromatic heterocycles. The summed E-state index contributed by atoms with van der Waals surface area (Å²) < 4.78 is 7.07. The predicted molar refractivity (Wildman–Crippen MR) is 87.9 cm³/mol. The SMILES string of the molecule is Cc1ccc(-n2cc(C(=O)NC3CCCc4occc43)nn2)cc1. The van der Waals surface area contributed by atoms with E-state index in [0.717, 1.165) is 36.3 Å². The molecule has 0 spiro atoms. The van der Waals surface area contributed by atoms with Crippen LogP contribution in [0.5, 0.6) is 0 Å². The van der Waals surface area contributed by atoms with Crippen molar-refractivity contribution in [2.24, 2.45) is 0 Å². The van der Waals surface area contributed by atoms with Crippen LogP contribution in [0.4, 0.5) is 0 Å². The molecule has 0 saturated heterocycles. The van der Waals surface area contributed by atoms with Crippen LogP contribution in [0.15, 0.2) is 47.2 Å². The fourth-order valence-electron chi connectivity index (χ4n) is 3.06. The zero-order valence-electron chi connectivity index (χ0n) is 13.4. The number of hydrogen-bond donors (Lipinski definition) is 1. The van der Waals surface area contributed by atoms with Gasteiger partial charge in [0.2, 0.25) is 0 Å². The van der Waals surface area contributed by atoms with E-state index in [1.165, 1.54) is 5.56 Å². The number of benzene rings is 1. The van der Waals surface area contributed by atoms with Crippen molar-refractivity contribution in [3.8, 4) is 5.69 Å². The van der Waals surface area contributed by atoms with E-state index in [1.54, 1.807) is 17.1 Å². The first-order chi connectivity index (χ1) is 11.7. The molecule has 6 nitrogen and oxygen atoms in total. The van der Waals surface area contributed by atoms with Gasteiger partial charge in [-0.15, -0.1) is 5.10 Å². The third-order valence-electron chi connectivity index (χ3n) is 4.38. The van der Waals surface area contributed by atoms with Gasteiger partial charge in [0.05, 0.1) is 24.2 Å². The number of carbonyl (C=O) groups is 1. The molecule has 3 aromatic rings. The van der Waals surface area contributed by atoms with E-state index < -0.39 is 0 Å². The Labute approximate surface area is 139 Å². The molecule has 4 rings (SSSR count). The van der Waals surface area contributed by atoms with Gasteiger partial charge in [0.25, 0.3) is 5.91 Å². The topological polar surface area (TPSA) is 73.0 Å². The minimum Gasteiger partial charge on any atom is -0.469 e. The van der Waals surface area contributed by atoms with E-state index in [9.17, 15) is 4.79 Å². The summed E-state index contributed by atoms with van der Waals surface area (Å²) in [6, 6.07) is 9.81. The molecule has 0 bridgehead atoms. The van der Waals surface area contributed by atoms with Gasteiger partial charge in [0, 0.05) is 12.0 Å². The molecular formula is C18H18N4O2. The molecule has 1 unspecified atom stereocenters. The fraction of sp³-hybridized carbons (Fsp3) is 0.278. The first kappa shape index (κ1) is 14.7. The smallest absolute Gasteiger partial charge is 0.273 e. The molecule has 6 heteroatoms. The van der Waals surface area contributed by atoms with Crippen molar-refractivity contribution in [3.05, 3.63) is 65.4 Å². The highest BCUT2D eigenvalue weighted by molar-refractivity contribution is 5.92. The summed E-state index contributed by atoms with van der Waals surface area (Å²) in [6.07, 6.45) is 6.17. The average molecular weight is 322 g/mol. The second kappa shape index (κ2) is 5.96. The van der Waals surface area contributed by atoms with Gasteiger partial charge in [-0.3, -0.25) is 4.79 Å². The second-order valence-electron chi connectivity index (χ2n) is 6.10. The van der Waals surface area contributed by atoms with Crippen molar-refractivity contribution in [2.45, 2.75) is 32.2 Å². The number of fused-ring (bicyclic) bond motifs is 1. The molecule has 24 heavy (non-hydrogen) atoms. The van der Waals surface area contributed by atoms with Crippen LogP contribution in [-0.2, 0) is 6.42 Å². The highest BCUT2D eigenvalue weighted by Crippen LogP contribution is 2.30. The van der Waals surface area contributed by atoms with E-state index in [0.29, 0.717) is 5.69 Å². The molecule has 1 aliphatic carbocycles. The summed E-state index contributed by atoms with van der Waals surface area (Å²) in [5.41, 5.74) is 3.43. The van der Waals surface area contributed by atoms with Crippen molar-refractivity contribution in [3.63, 3.8) is 0 Å². The molecule has 2 heterocycles. The van der Waals surface area contributed by atoms with E-state index in [2.05, 4.69) is 15.6 Å². The van der Waals surface area contributed by atoms with Crippen molar-refractivity contribution < 1.29 is 9.21 Å². The van der Waals surface area contributed by atoms with Crippen LogP contribution in [0.1, 0.15) is 46.3 Å². The Bertz CT molecular complexity index is 863. The molecule has 1 aliphatic rings. The Morgan fingerprint density at radius 1 is 1.29 bits per heavy atom. The van der Waals surface area contributed by atoms with Crippen LogP contribution >= 0.6 is 0 Å². The van der Waals surface area contributed by atoms with Gasteiger partial charge < -0.3 is 9.73 Å². The highest BCUT2D eigenvalue weighted by Gasteiger charge is 2.25. The fourth-order valence-corrected chi connectivity index (χ4v) is 3.06. The van der Waals surface area contributed by atoms with Crippen LogP contribution in [0.2, 0.25) is 0 Å².